The molecule has 0 atom stereocenters. The Labute approximate surface area is 99.9 Å². The van der Waals surface area contributed by atoms with Crippen LogP contribution < -0.4 is 0 Å². The Balaban J connectivity index is 2.45. The summed E-state index contributed by atoms with van der Waals surface area (Å²) < 4.78 is 26.0. The van der Waals surface area contributed by atoms with Crippen molar-refractivity contribution >= 4 is 0 Å². The largest absolute Gasteiger partial charge is 0.204 e. The van der Waals surface area contributed by atoms with Gasteiger partial charge in [-0.05, 0) is 34.7 Å². The highest BCUT2D eigenvalue weighted by atomic mass is 19.2. The summed E-state index contributed by atoms with van der Waals surface area (Å²) in [6, 6.07) is 11.9. The third-order valence-corrected chi connectivity index (χ3v) is 2.81. The minimum atomic E-state index is -0.811. The van der Waals surface area contributed by atoms with Gasteiger partial charge >= 0.3 is 0 Å². The quantitative estimate of drug-likeness (QED) is 0.700. The van der Waals surface area contributed by atoms with Gasteiger partial charge in [-0.1, -0.05) is 44.2 Å². The van der Waals surface area contributed by atoms with E-state index in [9.17, 15) is 8.78 Å². The first-order chi connectivity index (χ1) is 8.08. The highest BCUT2D eigenvalue weighted by Gasteiger charge is 2.06. The molecule has 0 saturated heterocycles. The summed E-state index contributed by atoms with van der Waals surface area (Å²) >= 11 is 0. The van der Waals surface area contributed by atoms with Crippen molar-refractivity contribution in [1.29, 1.82) is 0 Å². The Kier molecular flexibility index (Phi) is 3.23. The number of hydrogen-bond acceptors (Lipinski definition) is 0. The van der Waals surface area contributed by atoms with Crippen molar-refractivity contribution in [3.05, 3.63) is 59.7 Å². The maximum Gasteiger partial charge on any atom is 0.159 e. The van der Waals surface area contributed by atoms with Crippen LogP contribution in [0.4, 0.5) is 8.78 Å². The lowest BCUT2D eigenvalue weighted by atomic mass is 9.97. The Hall–Kier alpha value is -1.70. The molecule has 0 fully saturated rings. The summed E-state index contributed by atoms with van der Waals surface area (Å²) in [6.07, 6.45) is 0. The third-order valence-electron chi connectivity index (χ3n) is 2.81. The molecular formula is C15H14F2. The molecule has 0 saturated carbocycles. The van der Waals surface area contributed by atoms with E-state index in [1.807, 2.05) is 24.3 Å². The van der Waals surface area contributed by atoms with Gasteiger partial charge in [0.25, 0.3) is 0 Å². The lowest BCUT2D eigenvalue weighted by Crippen LogP contribution is -1.89. The van der Waals surface area contributed by atoms with Crippen LogP contribution in [0.5, 0.6) is 0 Å². The second-order valence-corrected chi connectivity index (χ2v) is 4.41. The fraction of sp³-hybridized carbons (Fsp3) is 0.200. The van der Waals surface area contributed by atoms with Gasteiger partial charge in [-0.15, -0.1) is 0 Å². The van der Waals surface area contributed by atoms with E-state index in [1.54, 1.807) is 6.07 Å². The van der Waals surface area contributed by atoms with Gasteiger partial charge in [0.1, 0.15) is 0 Å². The van der Waals surface area contributed by atoms with Gasteiger partial charge in [0.15, 0.2) is 11.6 Å². The zero-order valence-electron chi connectivity index (χ0n) is 9.87. The molecule has 2 aromatic rings. The van der Waals surface area contributed by atoms with E-state index in [0.29, 0.717) is 11.5 Å². The molecule has 2 rings (SSSR count). The molecule has 0 bridgehead atoms. The molecule has 0 aromatic heterocycles. The lowest BCUT2D eigenvalue weighted by Gasteiger charge is -2.08. The van der Waals surface area contributed by atoms with Gasteiger partial charge in [0, 0.05) is 0 Å². The maximum absolute atomic E-state index is 13.1. The molecule has 0 aliphatic carbocycles. The Morgan fingerprint density at radius 1 is 0.824 bits per heavy atom. The van der Waals surface area contributed by atoms with E-state index < -0.39 is 11.6 Å². The molecule has 88 valence electrons. The molecule has 0 aliphatic rings. The first kappa shape index (κ1) is 11.8. The zero-order chi connectivity index (χ0) is 12.4. The topological polar surface area (TPSA) is 0 Å². The van der Waals surface area contributed by atoms with E-state index in [0.717, 1.165) is 11.6 Å². The van der Waals surface area contributed by atoms with Crippen LogP contribution in [-0.2, 0) is 0 Å². The summed E-state index contributed by atoms with van der Waals surface area (Å²) in [5.74, 6) is -1.20. The van der Waals surface area contributed by atoms with Gasteiger partial charge < -0.3 is 0 Å². The van der Waals surface area contributed by atoms with E-state index in [-0.39, 0.29) is 0 Å². The standard InChI is InChI=1S/C15H14F2/c1-10(2)11-4-3-5-12(8-11)13-6-7-14(16)15(17)9-13/h3-10H,1-2H3. The van der Waals surface area contributed by atoms with Crippen LogP contribution in [0.2, 0.25) is 0 Å². The Morgan fingerprint density at radius 3 is 2.18 bits per heavy atom. The molecule has 0 spiro atoms. The van der Waals surface area contributed by atoms with Crippen LogP contribution in [0.15, 0.2) is 42.5 Å². The normalized spacial score (nSPS) is 10.9. The van der Waals surface area contributed by atoms with E-state index in [1.165, 1.54) is 11.6 Å². The van der Waals surface area contributed by atoms with Crippen LogP contribution in [0.3, 0.4) is 0 Å². The molecule has 0 nitrogen and oxygen atoms in total. The number of hydrogen-bond donors (Lipinski definition) is 0. The number of halogens is 2. The second-order valence-electron chi connectivity index (χ2n) is 4.41. The van der Waals surface area contributed by atoms with Crippen LogP contribution in [0, 0.1) is 11.6 Å². The van der Waals surface area contributed by atoms with Crippen molar-refractivity contribution in [3.63, 3.8) is 0 Å². The lowest BCUT2D eigenvalue weighted by molar-refractivity contribution is 0.509. The molecule has 0 heterocycles. The van der Waals surface area contributed by atoms with Crippen LogP contribution >= 0.6 is 0 Å². The summed E-state index contributed by atoms with van der Waals surface area (Å²) in [6.45, 7) is 4.20. The molecule has 0 N–H and O–H groups in total. The summed E-state index contributed by atoms with van der Waals surface area (Å²) in [5, 5.41) is 0. The zero-order valence-corrected chi connectivity index (χ0v) is 9.87. The van der Waals surface area contributed by atoms with E-state index in [4.69, 9.17) is 0 Å². The Bertz CT molecular complexity index is 530. The van der Waals surface area contributed by atoms with Gasteiger partial charge in [-0.3, -0.25) is 0 Å². The van der Waals surface area contributed by atoms with Crippen molar-refractivity contribution in [2.24, 2.45) is 0 Å². The van der Waals surface area contributed by atoms with Crippen LogP contribution in [-0.4, -0.2) is 0 Å². The van der Waals surface area contributed by atoms with Crippen molar-refractivity contribution in [2.75, 3.05) is 0 Å². The molecule has 2 aromatic carbocycles. The monoisotopic (exact) mass is 232 g/mol. The number of benzene rings is 2. The molecule has 2 heteroatoms. The highest BCUT2D eigenvalue weighted by molar-refractivity contribution is 5.64. The first-order valence-electron chi connectivity index (χ1n) is 5.63. The van der Waals surface area contributed by atoms with E-state index in [2.05, 4.69) is 13.8 Å². The minimum absolute atomic E-state index is 0.417. The molecule has 0 aliphatic heterocycles. The molecule has 0 radical (unpaired) electrons. The molecule has 0 amide bonds. The SMILES string of the molecule is CC(C)c1cccc(-c2ccc(F)c(F)c2)c1. The highest BCUT2D eigenvalue weighted by Crippen LogP contribution is 2.25. The van der Waals surface area contributed by atoms with Gasteiger partial charge in [-0.2, -0.15) is 0 Å². The summed E-state index contributed by atoms with van der Waals surface area (Å²) in [7, 11) is 0. The van der Waals surface area contributed by atoms with Crippen LogP contribution in [0.25, 0.3) is 11.1 Å². The van der Waals surface area contributed by atoms with Crippen molar-refractivity contribution < 1.29 is 8.78 Å². The van der Waals surface area contributed by atoms with Crippen molar-refractivity contribution in [3.8, 4) is 11.1 Å². The van der Waals surface area contributed by atoms with Gasteiger partial charge in [0.05, 0.1) is 0 Å². The fourth-order valence-electron chi connectivity index (χ4n) is 1.75. The molecule has 17 heavy (non-hydrogen) atoms. The van der Waals surface area contributed by atoms with Crippen molar-refractivity contribution in [1.82, 2.24) is 0 Å². The Morgan fingerprint density at radius 2 is 1.53 bits per heavy atom. The van der Waals surface area contributed by atoms with Gasteiger partial charge in [0.2, 0.25) is 0 Å². The first-order valence-corrected chi connectivity index (χ1v) is 5.63. The second kappa shape index (κ2) is 4.66. The van der Waals surface area contributed by atoms with Gasteiger partial charge in [-0.25, -0.2) is 8.78 Å². The average Bonchev–Trinajstić information content (AvgIpc) is 2.33. The van der Waals surface area contributed by atoms with Crippen LogP contribution in [0.1, 0.15) is 25.3 Å². The summed E-state index contributed by atoms with van der Waals surface area (Å²) in [4.78, 5) is 0. The smallest absolute Gasteiger partial charge is 0.159 e. The minimum Gasteiger partial charge on any atom is -0.204 e. The fourth-order valence-corrected chi connectivity index (χ4v) is 1.75. The number of rotatable bonds is 2. The third kappa shape index (κ3) is 2.52. The van der Waals surface area contributed by atoms with Crippen molar-refractivity contribution in [2.45, 2.75) is 19.8 Å². The predicted octanol–water partition coefficient (Wildman–Crippen LogP) is 4.76. The average molecular weight is 232 g/mol. The predicted molar refractivity (Wildman–Crippen MR) is 65.9 cm³/mol. The molecular weight excluding hydrogens is 218 g/mol. The molecule has 0 unspecified atom stereocenters. The maximum atomic E-state index is 13.1. The summed E-state index contributed by atoms with van der Waals surface area (Å²) in [5.41, 5.74) is 2.80. The van der Waals surface area contributed by atoms with E-state index >= 15 is 0 Å².